The summed E-state index contributed by atoms with van der Waals surface area (Å²) in [5.41, 5.74) is 0. The van der Waals surface area contributed by atoms with Crippen molar-refractivity contribution in [2.75, 3.05) is 26.2 Å². The molecule has 158 valence electrons. The first-order chi connectivity index (χ1) is 12.1. The molecule has 0 unspecified atom stereocenters. The van der Waals surface area contributed by atoms with Crippen LogP contribution in [-0.2, 0) is 10.1 Å². The predicted molar refractivity (Wildman–Crippen MR) is 113 cm³/mol. The average Bonchev–Trinajstić information content (AvgIpc) is 2.60. The van der Waals surface area contributed by atoms with Gasteiger partial charge in [-0.05, 0) is 39.5 Å². The first-order valence-electron chi connectivity index (χ1n) is 10.5. The zero-order chi connectivity index (χ0) is 20.7. The van der Waals surface area contributed by atoms with Crippen LogP contribution in [-0.4, -0.2) is 48.4 Å². The van der Waals surface area contributed by atoms with Crippen LogP contribution in [0.15, 0.2) is 12.7 Å². The van der Waals surface area contributed by atoms with E-state index in [1.165, 1.54) is 95.9 Å². The average molecular weight is 392 g/mol. The Hall–Kier alpha value is -0.390. The molecule has 0 heterocycles. The standard InChI is InChI=1S/C16H36N.C5H10O3S/c1-5-9-13-17(14-10-6-2,15-11-7-3)16-12-8-4;1-4-5(2,3)9(6,7)8/h5-16H2,1-4H3;4H,1H2,2-3H3,(H,6,7,8)/q+1;/p-1. The number of unbranched alkanes of at least 4 members (excludes halogenated alkanes) is 4. The van der Waals surface area contributed by atoms with Crippen LogP contribution in [0.3, 0.4) is 0 Å². The highest BCUT2D eigenvalue weighted by atomic mass is 32.2. The van der Waals surface area contributed by atoms with Gasteiger partial charge in [-0.25, -0.2) is 8.42 Å². The van der Waals surface area contributed by atoms with Crippen LogP contribution in [0.4, 0.5) is 0 Å². The lowest BCUT2D eigenvalue weighted by molar-refractivity contribution is -0.929. The second-order valence-corrected chi connectivity index (χ2v) is 9.87. The topological polar surface area (TPSA) is 57.2 Å². The van der Waals surface area contributed by atoms with Crippen LogP contribution in [0.25, 0.3) is 0 Å². The molecule has 0 atom stereocenters. The van der Waals surface area contributed by atoms with Crippen molar-refractivity contribution in [2.24, 2.45) is 0 Å². The van der Waals surface area contributed by atoms with E-state index >= 15 is 0 Å². The summed E-state index contributed by atoms with van der Waals surface area (Å²) in [5, 5.41) is 0. The smallest absolute Gasteiger partial charge is 0.104 e. The van der Waals surface area contributed by atoms with Gasteiger partial charge in [-0.1, -0.05) is 59.5 Å². The number of nitrogens with zero attached hydrogens (tertiary/aromatic N) is 1. The van der Waals surface area contributed by atoms with Gasteiger partial charge in [0.1, 0.15) is 10.1 Å². The summed E-state index contributed by atoms with van der Waals surface area (Å²) in [6.45, 7) is 20.9. The van der Waals surface area contributed by atoms with Gasteiger partial charge in [0, 0.05) is 0 Å². The number of quaternary nitrogens is 1. The summed E-state index contributed by atoms with van der Waals surface area (Å²) in [5.74, 6) is 0. The van der Waals surface area contributed by atoms with Gasteiger partial charge in [0.05, 0.1) is 30.9 Å². The second kappa shape index (κ2) is 14.6. The Labute approximate surface area is 164 Å². The van der Waals surface area contributed by atoms with Crippen molar-refractivity contribution < 1.29 is 17.5 Å². The normalized spacial score (nSPS) is 12.4. The van der Waals surface area contributed by atoms with Gasteiger partial charge >= 0.3 is 0 Å². The molecule has 0 saturated heterocycles. The summed E-state index contributed by atoms with van der Waals surface area (Å²) in [6, 6.07) is 0. The van der Waals surface area contributed by atoms with Crippen LogP contribution in [0.5, 0.6) is 0 Å². The molecule has 5 heteroatoms. The summed E-state index contributed by atoms with van der Waals surface area (Å²) in [4.78, 5) is 0. The molecule has 0 aromatic rings. The van der Waals surface area contributed by atoms with Gasteiger partial charge in [0.15, 0.2) is 0 Å². The predicted octanol–water partition coefficient (Wildman–Crippen LogP) is 5.50. The van der Waals surface area contributed by atoms with Crippen molar-refractivity contribution >= 4 is 10.1 Å². The van der Waals surface area contributed by atoms with E-state index in [9.17, 15) is 13.0 Å². The highest BCUT2D eigenvalue weighted by molar-refractivity contribution is 7.87. The van der Waals surface area contributed by atoms with Gasteiger partial charge < -0.3 is 9.04 Å². The van der Waals surface area contributed by atoms with Crippen LogP contribution < -0.4 is 0 Å². The van der Waals surface area contributed by atoms with Crippen molar-refractivity contribution in [3.05, 3.63) is 12.7 Å². The molecule has 0 aromatic heterocycles. The maximum Gasteiger partial charge on any atom is 0.104 e. The molecule has 0 aromatic carbocycles. The lowest BCUT2D eigenvalue weighted by Gasteiger charge is -2.39. The molecule has 0 aliphatic rings. The molecule has 0 aliphatic heterocycles. The third-order valence-corrected chi connectivity index (χ3v) is 6.54. The maximum atomic E-state index is 10.3. The minimum atomic E-state index is -4.22. The van der Waals surface area contributed by atoms with Gasteiger partial charge in [-0.15, -0.1) is 6.58 Å². The molecule has 0 aliphatic carbocycles. The van der Waals surface area contributed by atoms with E-state index in [4.69, 9.17) is 0 Å². The molecule has 0 bridgehead atoms. The fraction of sp³-hybridized carbons (Fsp3) is 0.905. The summed E-state index contributed by atoms with van der Waals surface area (Å²) < 4.78 is 30.9. The molecular formula is C21H45NO3S. The summed E-state index contributed by atoms with van der Waals surface area (Å²) in [7, 11) is -4.22. The highest BCUT2D eigenvalue weighted by Crippen LogP contribution is 2.16. The quantitative estimate of drug-likeness (QED) is 0.223. The van der Waals surface area contributed by atoms with Crippen molar-refractivity contribution in [3.63, 3.8) is 0 Å². The lowest BCUT2D eigenvalue weighted by Crippen LogP contribution is -2.50. The van der Waals surface area contributed by atoms with Gasteiger partial charge in [-0.3, -0.25) is 0 Å². The van der Waals surface area contributed by atoms with Crippen molar-refractivity contribution in [1.29, 1.82) is 0 Å². The van der Waals surface area contributed by atoms with Gasteiger partial charge in [0.25, 0.3) is 0 Å². The van der Waals surface area contributed by atoms with E-state index in [1.807, 2.05) is 0 Å². The minimum Gasteiger partial charge on any atom is -0.747 e. The fourth-order valence-corrected chi connectivity index (χ4v) is 2.95. The SMILES string of the molecule is C=CC(C)(C)S(=O)(=O)[O-].CCCC[N+](CCCC)(CCCC)CCCC. The first-order valence-corrected chi connectivity index (χ1v) is 11.9. The number of hydrogen-bond donors (Lipinski definition) is 0. The van der Waals surface area contributed by atoms with E-state index < -0.39 is 14.9 Å². The monoisotopic (exact) mass is 391 g/mol. The largest absolute Gasteiger partial charge is 0.747 e. The first kappa shape index (κ1) is 27.8. The van der Waals surface area contributed by atoms with Crippen molar-refractivity contribution in [3.8, 4) is 0 Å². The molecule has 0 radical (unpaired) electrons. The molecule has 0 spiro atoms. The van der Waals surface area contributed by atoms with E-state index in [2.05, 4.69) is 34.3 Å². The Balaban J connectivity index is 0. The molecule has 4 nitrogen and oxygen atoms in total. The molecule has 0 N–H and O–H groups in total. The highest BCUT2D eigenvalue weighted by Gasteiger charge is 2.24. The Morgan fingerprint density at radius 3 is 1.19 bits per heavy atom. The molecule has 0 amide bonds. The van der Waals surface area contributed by atoms with Crippen molar-refractivity contribution in [1.82, 2.24) is 0 Å². The Kier molecular flexibility index (Phi) is 15.7. The molecular weight excluding hydrogens is 346 g/mol. The van der Waals surface area contributed by atoms with Crippen LogP contribution in [0, 0.1) is 0 Å². The summed E-state index contributed by atoms with van der Waals surface area (Å²) >= 11 is 0. The second-order valence-electron chi connectivity index (χ2n) is 7.91. The number of hydrogen-bond acceptors (Lipinski definition) is 3. The lowest BCUT2D eigenvalue weighted by atomic mass is 10.1. The molecule has 0 fully saturated rings. The van der Waals surface area contributed by atoms with Crippen LogP contribution >= 0.6 is 0 Å². The van der Waals surface area contributed by atoms with Gasteiger partial charge in [-0.2, -0.15) is 0 Å². The Morgan fingerprint density at radius 2 is 1.08 bits per heavy atom. The maximum absolute atomic E-state index is 10.3. The van der Waals surface area contributed by atoms with Crippen LogP contribution in [0.2, 0.25) is 0 Å². The Morgan fingerprint density at radius 1 is 0.808 bits per heavy atom. The van der Waals surface area contributed by atoms with E-state index in [0.29, 0.717) is 0 Å². The number of rotatable bonds is 14. The van der Waals surface area contributed by atoms with E-state index in [0.717, 1.165) is 6.08 Å². The van der Waals surface area contributed by atoms with Crippen molar-refractivity contribution in [2.45, 2.75) is 97.7 Å². The Bertz CT molecular complexity index is 407. The van der Waals surface area contributed by atoms with Crippen LogP contribution in [0.1, 0.15) is 92.9 Å². The third kappa shape index (κ3) is 12.1. The zero-order valence-corrected chi connectivity index (χ0v) is 19.2. The third-order valence-electron chi connectivity index (χ3n) is 5.08. The van der Waals surface area contributed by atoms with Gasteiger partial charge in [0.2, 0.25) is 0 Å². The molecule has 0 saturated carbocycles. The van der Waals surface area contributed by atoms with E-state index in [1.54, 1.807) is 0 Å². The fourth-order valence-electron chi connectivity index (χ4n) is 2.75. The van der Waals surface area contributed by atoms with E-state index in [-0.39, 0.29) is 0 Å². The molecule has 26 heavy (non-hydrogen) atoms. The summed E-state index contributed by atoms with van der Waals surface area (Å²) in [6.07, 6.45) is 12.2. The zero-order valence-electron chi connectivity index (χ0n) is 18.3. The molecule has 0 rings (SSSR count). The minimum absolute atomic E-state index is 1.12.